The van der Waals surface area contributed by atoms with Gasteiger partial charge in [0, 0.05) is 15.1 Å². The number of hydrogen-bond acceptors (Lipinski definition) is 4. The first-order valence-corrected chi connectivity index (χ1v) is 7.43. The number of methoxy groups -OCH3 is 2. The third-order valence-electron chi connectivity index (χ3n) is 3.45. The molecule has 1 aromatic heterocycles. The molecule has 0 atom stereocenters. The topological polar surface area (TPSA) is 55.8 Å². The van der Waals surface area contributed by atoms with Crippen molar-refractivity contribution in [1.82, 2.24) is 0 Å². The van der Waals surface area contributed by atoms with Gasteiger partial charge >= 0.3 is 5.97 Å². The number of carboxylic acid groups (broad SMARTS) is 1. The Kier molecular flexibility index (Phi) is 3.73. The summed E-state index contributed by atoms with van der Waals surface area (Å²) in [5.41, 5.74) is 0.923. The Hall–Kier alpha value is -2.53. The normalized spacial score (nSPS) is 10.6. The van der Waals surface area contributed by atoms with Gasteiger partial charge in [-0.25, -0.2) is 4.79 Å². The summed E-state index contributed by atoms with van der Waals surface area (Å²) in [5.74, 6) is 0.349. The maximum Gasteiger partial charge on any atom is 0.336 e. The second kappa shape index (κ2) is 5.69. The number of fused-ring (bicyclic) bond motifs is 1. The van der Waals surface area contributed by atoms with Crippen LogP contribution in [0.5, 0.6) is 11.5 Å². The Morgan fingerprint density at radius 3 is 2.36 bits per heavy atom. The van der Waals surface area contributed by atoms with E-state index in [0.717, 1.165) is 20.7 Å². The number of carbonyl (C=O) groups is 1. The summed E-state index contributed by atoms with van der Waals surface area (Å²) >= 11 is 1.54. The van der Waals surface area contributed by atoms with Crippen molar-refractivity contribution in [2.45, 2.75) is 0 Å². The van der Waals surface area contributed by atoms with Gasteiger partial charge in [0.15, 0.2) is 0 Å². The smallest absolute Gasteiger partial charge is 0.336 e. The van der Waals surface area contributed by atoms with Crippen molar-refractivity contribution in [3.8, 4) is 21.9 Å². The summed E-state index contributed by atoms with van der Waals surface area (Å²) in [4.78, 5) is 12.4. The van der Waals surface area contributed by atoms with E-state index < -0.39 is 5.97 Å². The molecule has 0 radical (unpaired) electrons. The molecular formula is C17H14O4S. The van der Waals surface area contributed by atoms with E-state index in [1.165, 1.54) is 7.11 Å². The molecule has 0 bridgehead atoms. The molecule has 3 rings (SSSR count). The summed E-state index contributed by atoms with van der Waals surface area (Å²) in [6, 6.07) is 12.9. The number of rotatable bonds is 4. The molecule has 0 fully saturated rings. The van der Waals surface area contributed by atoms with E-state index in [2.05, 4.69) is 0 Å². The molecule has 0 saturated carbocycles. The van der Waals surface area contributed by atoms with Gasteiger partial charge in [0.25, 0.3) is 0 Å². The minimum Gasteiger partial charge on any atom is -0.497 e. The van der Waals surface area contributed by atoms with Crippen LogP contribution in [0.2, 0.25) is 0 Å². The number of thiophene rings is 1. The Balaban J connectivity index is 2.16. The number of aromatic carboxylic acids is 1. The van der Waals surface area contributed by atoms with Gasteiger partial charge in [-0.05, 0) is 47.9 Å². The molecular weight excluding hydrogens is 300 g/mol. The highest BCUT2D eigenvalue weighted by atomic mass is 32.1. The fraction of sp³-hybridized carbons (Fsp3) is 0.118. The van der Waals surface area contributed by atoms with Gasteiger partial charge in [0.1, 0.15) is 11.5 Å². The Morgan fingerprint density at radius 1 is 1.00 bits per heavy atom. The van der Waals surface area contributed by atoms with E-state index in [-0.39, 0.29) is 5.56 Å². The zero-order valence-corrected chi connectivity index (χ0v) is 12.9. The Morgan fingerprint density at radius 2 is 1.68 bits per heavy atom. The minimum absolute atomic E-state index is 0.234. The van der Waals surface area contributed by atoms with E-state index in [9.17, 15) is 9.90 Å². The molecule has 1 N–H and O–H groups in total. The van der Waals surface area contributed by atoms with E-state index in [1.54, 1.807) is 36.6 Å². The van der Waals surface area contributed by atoms with Crippen LogP contribution in [0.3, 0.4) is 0 Å². The predicted molar refractivity (Wildman–Crippen MR) is 87.3 cm³/mol. The van der Waals surface area contributed by atoms with Crippen LogP contribution in [0.1, 0.15) is 10.4 Å². The lowest BCUT2D eigenvalue weighted by Crippen LogP contribution is -1.99. The summed E-state index contributed by atoms with van der Waals surface area (Å²) in [6.07, 6.45) is 0. The van der Waals surface area contributed by atoms with Crippen molar-refractivity contribution in [1.29, 1.82) is 0 Å². The first kappa shape index (κ1) is 14.4. The highest BCUT2D eigenvalue weighted by molar-refractivity contribution is 7.22. The van der Waals surface area contributed by atoms with E-state index in [0.29, 0.717) is 11.3 Å². The average molecular weight is 314 g/mol. The molecule has 2 aromatic carbocycles. The van der Waals surface area contributed by atoms with Gasteiger partial charge in [-0.3, -0.25) is 0 Å². The van der Waals surface area contributed by atoms with Crippen LogP contribution < -0.4 is 9.47 Å². The van der Waals surface area contributed by atoms with Crippen LogP contribution in [0.4, 0.5) is 0 Å². The van der Waals surface area contributed by atoms with Crippen molar-refractivity contribution < 1.29 is 19.4 Å². The first-order valence-electron chi connectivity index (χ1n) is 6.61. The molecule has 5 heteroatoms. The highest BCUT2D eigenvalue weighted by Gasteiger charge is 2.15. The SMILES string of the molecule is COc1ccc(-c2cc3ccc(OC)cc3s2)c(C(=O)O)c1. The summed E-state index contributed by atoms with van der Waals surface area (Å²) in [7, 11) is 3.15. The molecule has 0 spiro atoms. The largest absolute Gasteiger partial charge is 0.497 e. The quantitative estimate of drug-likeness (QED) is 0.781. The van der Waals surface area contributed by atoms with Crippen molar-refractivity contribution in [3.63, 3.8) is 0 Å². The minimum atomic E-state index is -0.969. The van der Waals surface area contributed by atoms with Gasteiger partial charge in [-0.1, -0.05) is 0 Å². The molecule has 0 aliphatic heterocycles. The van der Waals surface area contributed by atoms with Crippen LogP contribution >= 0.6 is 11.3 Å². The predicted octanol–water partition coefficient (Wildman–Crippen LogP) is 4.28. The summed E-state index contributed by atoms with van der Waals surface area (Å²) in [5, 5.41) is 10.5. The molecule has 112 valence electrons. The maximum atomic E-state index is 11.5. The lowest BCUT2D eigenvalue weighted by molar-refractivity contribution is 0.0697. The van der Waals surface area contributed by atoms with Gasteiger partial charge < -0.3 is 14.6 Å². The standard InChI is InChI=1S/C17H14O4S/c1-20-11-5-6-13(14(8-11)17(18)19)16-7-10-3-4-12(21-2)9-15(10)22-16/h3-9H,1-2H3,(H,18,19). The maximum absolute atomic E-state index is 11.5. The Bertz CT molecular complexity index is 851. The van der Waals surface area contributed by atoms with Crippen molar-refractivity contribution in [3.05, 3.63) is 48.0 Å². The number of benzene rings is 2. The highest BCUT2D eigenvalue weighted by Crippen LogP contribution is 2.37. The van der Waals surface area contributed by atoms with Gasteiger partial charge in [0.05, 0.1) is 19.8 Å². The van der Waals surface area contributed by atoms with Crippen LogP contribution in [-0.2, 0) is 0 Å². The number of carboxylic acids is 1. The molecule has 0 unspecified atom stereocenters. The lowest BCUT2D eigenvalue weighted by atomic mass is 10.1. The molecule has 0 amide bonds. The van der Waals surface area contributed by atoms with E-state index >= 15 is 0 Å². The van der Waals surface area contributed by atoms with Crippen LogP contribution in [0, 0.1) is 0 Å². The molecule has 3 aromatic rings. The monoisotopic (exact) mass is 314 g/mol. The summed E-state index contributed by atoms with van der Waals surface area (Å²) < 4.78 is 11.4. The fourth-order valence-electron chi connectivity index (χ4n) is 2.31. The van der Waals surface area contributed by atoms with Gasteiger partial charge in [-0.2, -0.15) is 0 Å². The van der Waals surface area contributed by atoms with Crippen LogP contribution in [0.15, 0.2) is 42.5 Å². The number of ether oxygens (including phenoxy) is 2. The zero-order valence-electron chi connectivity index (χ0n) is 12.1. The second-order valence-electron chi connectivity index (χ2n) is 4.73. The molecule has 0 saturated heterocycles. The molecule has 22 heavy (non-hydrogen) atoms. The zero-order chi connectivity index (χ0) is 15.7. The van der Waals surface area contributed by atoms with E-state index in [4.69, 9.17) is 9.47 Å². The van der Waals surface area contributed by atoms with Crippen molar-refractivity contribution in [2.75, 3.05) is 14.2 Å². The van der Waals surface area contributed by atoms with Gasteiger partial charge in [-0.15, -0.1) is 11.3 Å². The third kappa shape index (κ3) is 2.51. The Labute approximate surface area is 131 Å². The summed E-state index contributed by atoms with van der Waals surface area (Å²) in [6.45, 7) is 0. The average Bonchev–Trinajstić information content (AvgIpc) is 2.96. The molecule has 0 aliphatic rings. The molecule has 0 aliphatic carbocycles. The van der Waals surface area contributed by atoms with Crippen LogP contribution in [-0.4, -0.2) is 25.3 Å². The first-order chi connectivity index (χ1) is 10.6. The molecule has 1 heterocycles. The third-order valence-corrected chi connectivity index (χ3v) is 4.58. The molecule has 4 nitrogen and oxygen atoms in total. The van der Waals surface area contributed by atoms with E-state index in [1.807, 2.05) is 24.3 Å². The van der Waals surface area contributed by atoms with Crippen LogP contribution in [0.25, 0.3) is 20.5 Å². The van der Waals surface area contributed by atoms with Crippen molar-refractivity contribution >= 4 is 27.4 Å². The van der Waals surface area contributed by atoms with Crippen molar-refractivity contribution in [2.24, 2.45) is 0 Å². The fourth-order valence-corrected chi connectivity index (χ4v) is 3.44. The number of hydrogen-bond donors (Lipinski definition) is 1. The lowest BCUT2D eigenvalue weighted by Gasteiger charge is -2.06. The van der Waals surface area contributed by atoms with Gasteiger partial charge in [0.2, 0.25) is 0 Å². The second-order valence-corrected chi connectivity index (χ2v) is 5.81.